The molecule has 0 aliphatic carbocycles. The van der Waals surface area contributed by atoms with Gasteiger partial charge < -0.3 is 10.2 Å². The van der Waals surface area contributed by atoms with Gasteiger partial charge in [-0.2, -0.15) is 0 Å². The molecule has 0 spiro atoms. The van der Waals surface area contributed by atoms with E-state index >= 15 is 0 Å². The fourth-order valence-corrected chi connectivity index (χ4v) is 3.47. The third-order valence-electron chi connectivity index (χ3n) is 3.67. The smallest absolute Gasteiger partial charge is 0.243 e. The average Bonchev–Trinajstić information content (AvgIpc) is 2.60. The van der Waals surface area contributed by atoms with Crippen molar-refractivity contribution in [3.05, 3.63) is 60.2 Å². The quantitative estimate of drug-likeness (QED) is 0.728. The van der Waals surface area contributed by atoms with Crippen LogP contribution in [0.15, 0.2) is 53.4 Å². The fraction of sp³-hybridized carbons (Fsp3) is 0.222. The number of nitrogens with zero attached hydrogens (tertiary/aromatic N) is 1. The molecular formula is C18H18F2N2O4S. The van der Waals surface area contributed by atoms with Gasteiger partial charge in [-0.3, -0.25) is 9.59 Å². The minimum absolute atomic E-state index is 0.0804. The lowest BCUT2D eigenvalue weighted by atomic mass is 10.3. The van der Waals surface area contributed by atoms with Crippen LogP contribution in [0.25, 0.3) is 0 Å². The van der Waals surface area contributed by atoms with Crippen LogP contribution >= 0.6 is 0 Å². The van der Waals surface area contributed by atoms with Gasteiger partial charge in [0.25, 0.3) is 0 Å². The summed E-state index contributed by atoms with van der Waals surface area (Å²) in [4.78, 5) is 25.0. The summed E-state index contributed by atoms with van der Waals surface area (Å²) in [6.07, 6.45) is -0.330. The summed E-state index contributed by atoms with van der Waals surface area (Å²) in [5, 5.41) is 2.45. The molecule has 0 aromatic heterocycles. The minimum atomic E-state index is -3.74. The number of carbonyl (C=O) groups excluding carboxylic acids is 2. The Hall–Kier alpha value is -2.81. The first-order valence-electron chi connectivity index (χ1n) is 7.95. The number of hydrogen-bond acceptors (Lipinski definition) is 4. The van der Waals surface area contributed by atoms with Crippen LogP contribution in [0.3, 0.4) is 0 Å². The molecule has 1 N–H and O–H groups in total. The molecule has 6 nitrogen and oxygen atoms in total. The van der Waals surface area contributed by atoms with Gasteiger partial charge in [0.1, 0.15) is 11.6 Å². The maximum absolute atomic E-state index is 13.1. The molecule has 0 fully saturated rings. The Bertz CT molecular complexity index is 931. The van der Waals surface area contributed by atoms with E-state index in [1.165, 1.54) is 25.2 Å². The molecule has 0 bridgehead atoms. The largest absolute Gasteiger partial charge is 0.336 e. The number of anilines is 1. The van der Waals surface area contributed by atoms with E-state index in [1.807, 2.05) is 0 Å². The molecule has 2 amide bonds. The van der Waals surface area contributed by atoms with Crippen LogP contribution < -0.4 is 5.32 Å². The first-order valence-corrected chi connectivity index (χ1v) is 9.60. The van der Waals surface area contributed by atoms with E-state index in [9.17, 15) is 26.8 Å². The molecule has 0 aliphatic heterocycles. The van der Waals surface area contributed by atoms with E-state index < -0.39 is 39.0 Å². The number of sulfone groups is 1. The third-order valence-corrected chi connectivity index (χ3v) is 5.40. The number of likely N-dealkylation sites (N-methyl/N-ethyl adjacent to an activating group) is 1. The summed E-state index contributed by atoms with van der Waals surface area (Å²) in [6.45, 7) is -0.314. The van der Waals surface area contributed by atoms with Crippen LogP contribution in [-0.4, -0.2) is 44.5 Å². The van der Waals surface area contributed by atoms with Gasteiger partial charge in [-0.25, -0.2) is 17.2 Å². The fourth-order valence-electron chi connectivity index (χ4n) is 2.24. The summed E-state index contributed by atoms with van der Waals surface area (Å²) < 4.78 is 50.3. The van der Waals surface area contributed by atoms with E-state index in [1.54, 1.807) is 0 Å². The third kappa shape index (κ3) is 6.14. The molecule has 0 aliphatic rings. The zero-order valence-corrected chi connectivity index (χ0v) is 15.3. The van der Waals surface area contributed by atoms with Crippen LogP contribution in [0.5, 0.6) is 0 Å². The zero-order chi connectivity index (χ0) is 20.0. The molecule has 27 heavy (non-hydrogen) atoms. The Balaban J connectivity index is 1.87. The number of nitrogens with one attached hydrogen (secondary N) is 1. The SMILES string of the molecule is CN(CC(=O)Nc1cccc(F)c1)C(=O)CCS(=O)(=O)c1ccc(F)cc1. The van der Waals surface area contributed by atoms with Crippen LogP contribution in [0, 0.1) is 11.6 Å². The number of hydrogen-bond donors (Lipinski definition) is 1. The zero-order valence-electron chi connectivity index (χ0n) is 14.5. The van der Waals surface area contributed by atoms with Gasteiger partial charge in [0.05, 0.1) is 17.2 Å². The Morgan fingerprint density at radius 1 is 1.04 bits per heavy atom. The standard InChI is InChI=1S/C18H18F2N2O4S/c1-22(12-17(23)21-15-4-2-3-14(20)11-15)18(24)9-10-27(25,26)16-7-5-13(19)6-8-16/h2-8,11H,9-10,12H2,1H3,(H,21,23). The van der Waals surface area contributed by atoms with Crippen molar-refractivity contribution in [1.29, 1.82) is 0 Å². The molecule has 144 valence electrons. The second-order valence-electron chi connectivity index (χ2n) is 5.83. The predicted octanol–water partition coefficient (Wildman–Crippen LogP) is 2.23. The highest BCUT2D eigenvalue weighted by Gasteiger charge is 2.19. The molecule has 0 atom stereocenters. The summed E-state index contributed by atoms with van der Waals surface area (Å²) in [7, 11) is -2.38. The van der Waals surface area contributed by atoms with E-state index in [2.05, 4.69) is 5.32 Å². The maximum Gasteiger partial charge on any atom is 0.243 e. The Labute approximate surface area is 155 Å². The molecular weight excluding hydrogens is 378 g/mol. The predicted molar refractivity (Wildman–Crippen MR) is 95.7 cm³/mol. The van der Waals surface area contributed by atoms with E-state index in [0.717, 1.165) is 35.2 Å². The second-order valence-corrected chi connectivity index (χ2v) is 7.94. The van der Waals surface area contributed by atoms with Gasteiger partial charge in [-0.1, -0.05) is 6.07 Å². The Morgan fingerprint density at radius 3 is 2.33 bits per heavy atom. The molecule has 2 aromatic carbocycles. The number of rotatable bonds is 7. The number of halogens is 2. The van der Waals surface area contributed by atoms with Crippen LogP contribution in [0.1, 0.15) is 6.42 Å². The summed E-state index contributed by atoms with van der Waals surface area (Å²) in [5.41, 5.74) is 0.250. The molecule has 0 saturated heterocycles. The van der Waals surface area contributed by atoms with Crippen molar-refractivity contribution in [3.8, 4) is 0 Å². The van der Waals surface area contributed by atoms with Crippen molar-refractivity contribution in [3.63, 3.8) is 0 Å². The lowest BCUT2D eigenvalue weighted by molar-refractivity contribution is -0.132. The van der Waals surface area contributed by atoms with Crippen LogP contribution in [0.4, 0.5) is 14.5 Å². The molecule has 2 rings (SSSR count). The highest BCUT2D eigenvalue weighted by atomic mass is 32.2. The Kier molecular flexibility index (Phi) is 6.62. The molecule has 0 heterocycles. The van der Waals surface area contributed by atoms with Gasteiger partial charge in [-0.15, -0.1) is 0 Å². The van der Waals surface area contributed by atoms with E-state index in [0.29, 0.717) is 0 Å². The average molecular weight is 396 g/mol. The highest BCUT2D eigenvalue weighted by Crippen LogP contribution is 2.13. The van der Waals surface area contributed by atoms with Crippen LogP contribution in [0.2, 0.25) is 0 Å². The first kappa shape index (κ1) is 20.5. The van der Waals surface area contributed by atoms with Gasteiger partial charge in [-0.05, 0) is 42.5 Å². The molecule has 9 heteroatoms. The normalized spacial score (nSPS) is 11.1. The van der Waals surface area contributed by atoms with E-state index in [4.69, 9.17) is 0 Å². The maximum atomic E-state index is 13.1. The second kappa shape index (κ2) is 8.72. The number of carbonyl (C=O) groups is 2. The minimum Gasteiger partial charge on any atom is -0.336 e. The van der Waals surface area contributed by atoms with E-state index in [-0.39, 0.29) is 23.5 Å². The summed E-state index contributed by atoms with van der Waals surface area (Å²) in [6, 6.07) is 9.60. The monoisotopic (exact) mass is 396 g/mol. The topological polar surface area (TPSA) is 83.6 Å². The van der Waals surface area contributed by atoms with Crippen molar-refractivity contribution in [2.24, 2.45) is 0 Å². The first-order chi connectivity index (χ1) is 12.7. The molecule has 2 aromatic rings. The van der Waals surface area contributed by atoms with Crippen molar-refractivity contribution in [2.45, 2.75) is 11.3 Å². The summed E-state index contributed by atoms with van der Waals surface area (Å²) in [5.74, 6) is -2.63. The van der Waals surface area contributed by atoms with Crippen LogP contribution in [-0.2, 0) is 19.4 Å². The number of benzene rings is 2. The lowest BCUT2D eigenvalue weighted by Gasteiger charge is -2.17. The molecule has 0 radical (unpaired) electrons. The Morgan fingerprint density at radius 2 is 1.70 bits per heavy atom. The van der Waals surface area contributed by atoms with Crippen molar-refractivity contribution >= 4 is 27.3 Å². The van der Waals surface area contributed by atoms with Crippen molar-refractivity contribution in [2.75, 3.05) is 24.7 Å². The van der Waals surface area contributed by atoms with Gasteiger partial charge in [0.15, 0.2) is 9.84 Å². The molecule has 0 unspecified atom stereocenters. The van der Waals surface area contributed by atoms with Gasteiger partial charge in [0.2, 0.25) is 11.8 Å². The summed E-state index contributed by atoms with van der Waals surface area (Å²) >= 11 is 0. The lowest BCUT2D eigenvalue weighted by Crippen LogP contribution is -2.35. The van der Waals surface area contributed by atoms with Gasteiger partial charge in [0, 0.05) is 19.2 Å². The van der Waals surface area contributed by atoms with Gasteiger partial charge >= 0.3 is 0 Å². The highest BCUT2D eigenvalue weighted by molar-refractivity contribution is 7.91. The molecule has 0 saturated carbocycles. The number of amides is 2. The van der Waals surface area contributed by atoms with Crippen molar-refractivity contribution in [1.82, 2.24) is 4.90 Å². The van der Waals surface area contributed by atoms with Crippen molar-refractivity contribution < 1.29 is 26.8 Å².